The lowest BCUT2D eigenvalue weighted by atomic mass is 10.1. The average Bonchev–Trinajstić information content (AvgIpc) is 2.79. The molecular formula is C13H22N4O3. The fourth-order valence-electron chi connectivity index (χ4n) is 1.58. The lowest BCUT2D eigenvalue weighted by Crippen LogP contribution is -2.46. The van der Waals surface area contributed by atoms with Crippen molar-refractivity contribution in [1.29, 1.82) is 0 Å². The zero-order valence-electron chi connectivity index (χ0n) is 12.1. The van der Waals surface area contributed by atoms with Gasteiger partial charge in [0.05, 0.1) is 6.33 Å². The molecule has 0 aromatic carbocycles. The van der Waals surface area contributed by atoms with Crippen LogP contribution in [0.3, 0.4) is 0 Å². The summed E-state index contributed by atoms with van der Waals surface area (Å²) < 4.78 is 5.31. The Hall–Kier alpha value is -1.89. The molecule has 1 unspecified atom stereocenters. The summed E-state index contributed by atoms with van der Waals surface area (Å²) in [6.07, 6.45) is 3.59. The van der Waals surface area contributed by atoms with E-state index >= 15 is 0 Å². The molecule has 1 aromatic heterocycles. The quantitative estimate of drug-likeness (QED) is 0.642. The summed E-state index contributed by atoms with van der Waals surface area (Å²) in [7, 11) is 0. The highest BCUT2D eigenvalue weighted by molar-refractivity contribution is 5.84. The summed E-state index contributed by atoms with van der Waals surface area (Å²) in [6.45, 7) is 5.57. The van der Waals surface area contributed by atoms with E-state index in [1.165, 1.54) is 6.33 Å². The third kappa shape index (κ3) is 5.83. The van der Waals surface area contributed by atoms with Crippen LogP contribution >= 0.6 is 0 Å². The Balaban J connectivity index is 2.72. The second-order valence-corrected chi connectivity index (χ2v) is 5.47. The highest BCUT2D eigenvalue weighted by Gasteiger charge is 2.27. The van der Waals surface area contributed by atoms with Gasteiger partial charge in [0.1, 0.15) is 11.6 Å². The van der Waals surface area contributed by atoms with Crippen molar-refractivity contribution in [3.63, 3.8) is 0 Å². The van der Waals surface area contributed by atoms with Gasteiger partial charge in [-0.25, -0.2) is 9.78 Å². The number of ether oxygens (including phenoxy) is 1. The first-order valence-corrected chi connectivity index (χ1v) is 6.51. The molecule has 7 heteroatoms. The number of rotatable bonds is 6. The van der Waals surface area contributed by atoms with E-state index in [-0.39, 0.29) is 18.9 Å². The van der Waals surface area contributed by atoms with Crippen molar-refractivity contribution in [1.82, 2.24) is 15.3 Å². The van der Waals surface area contributed by atoms with Gasteiger partial charge in [-0.15, -0.1) is 0 Å². The summed E-state index contributed by atoms with van der Waals surface area (Å²) in [5.41, 5.74) is 5.46. The second-order valence-electron chi connectivity index (χ2n) is 5.47. The molecule has 0 fully saturated rings. The van der Waals surface area contributed by atoms with Crippen molar-refractivity contribution in [2.24, 2.45) is 5.73 Å². The maximum Gasteiger partial charge on any atom is 0.329 e. The van der Waals surface area contributed by atoms with Crippen LogP contribution in [0.5, 0.6) is 0 Å². The van der Waals surface area contributed by atoms with Gasteiger partial charge in [0.2, 0.25) is 5.91 Å². The molecule has 1 rings (SSSR count). The Morgan fingerprint density at radius 3 is 2.70 bits per heavy atom. The maximum atomic E-state index is 12.1. The van der Waals surface area contributed by atoms with E-state index in [0.29, 0.717) is 6.42 Å². The minimum absolute atomic E-state index is 0.169. The van der Waals surface area contributed by atoms with E-state index in [2.05, 4.69) is 15.3 Å². The van der Waals surface area contributed by atoms with Crippen LogP contribution in [0.2, 0.25) is 0 Å². The van der Waals surface area contributed by atoms with Gasteiger partial charge in [-0.1, -0.05) is 0 Å². The van der Waals surface area contributed by atoms with Crippen LogP contribution in [-0.2, 0) is 20.7 Å². The van der Waals surface area contributed by atoms with Crippen LogP contribution in [0, 0.1) is 0 Å². The summed E-state index contributed by atoms with van der Waals surface area (Å²) >= 11 is 0. The van der Waals surface area contributed by atoms with Gasteiger partial charge in [0, 0.05) is 31.3 Å². The fourth-order valence-corrected chi connectivity index (χ4v) is 1.58. The number of nitrogens with zero attached hydrogens (tertiary/aromatic N) is 1. The number of nitrogens with two attached hydrogens (primary N) is 1. The molecule has 0 aliphatic carbocycles. The standard InChI is InChI=1S/C13H22N4O3/c1-13(2,3)20-12(19)10(17-11(18)4-5-14)6-9-7-15-8-16-9/h7-8,10H,4-6,14H2,1-3H3,(H,15,16)(H,17,18). The minimum atomic E-state index is -0.756. The topological polar surface area (TPSA) is 110 Å². The number of carbonyl (C=O) groups excluding carboxylic acids is 2. The number of nitrogens with one attached hydrogen (secondary N) is 2. The molecule has 0 radical (unpaired) electrons. The Bertz CT molecular complexity index is 437. The predicted molar refractivity (Wildman–Crippen MR) is 73.7 cm³/mol. The van der Waals surface area contributed by atoms with Gasteiger partial charge in [-0.05, 0) is 20.8 Å². The highest BCUT2D eigenvalue weighted by Crippen LogP contribution is 2.10. The largest absolute Gasteiger partial charge is 0.458 e. The number of aromatic amines is 1. The Morgan fingerprint density at radius 2 is 2.20 bits per heavy atom. The Kier molecular flexibility index (Phi) is 5.69. The van der Waals surface area contributed by atoms with Gasteiger partial charge in [-0.2, -0.15) is 0 Å². The van der Waals surface area contributed by atoms with Crippen LogP contribution in [0.1, 0.15) is 32.9 Å². The fraction of sp³-hybridized carbons (Fsp3) is 0.615. The monoisotopic (exact) mass is 282 g/mol. The number of imidazole rings is 1. The SMILES string of the molecule is CC(C)(C)OC(=O)C(Cc1cnc[nH]1)NC(=O)CCN. The molecule has 112 valence electrons. The molecule has 0 spiro atoms. The third-order valence-electron chi connectivity index (χ3n) is 2.38. The minimum Gasteiger partial charge on any atom is -0.458 e. The van der Waals surface area contributed by atoms with E-state index in [1.54, 1.807) is 27.0 Å². The van der Waals surface area contributed by atoms with Gasteiger partial charge in [-0.3, -0.25) is 4.79 Å². The molecule has 1 atom stereocenters. The van der Waals surface area contributed by atoms with Crippen molar-refractivity contribution in [3.8, 4) is 0 Å². The van der Waals surface area contributed by atoms with Crippen molar-refractivity contribution in [2.75, 3.05) is 6.54 Å². The molecule has 0 saturated heterocycles. The number of carbonyl (C=O) groups is 2. The number of hydrogen-bond acceptors (Lipinski definition) is 5. The van der Waals surface area contributed by atoms with Crippen LogP contribution in [-0.4, -0.2) is 40.0 Å². The number of aromatic nitrogens is 2. The number of H-pyrrole nitrogens is 1. The Labute approximate surface area is 118 Å². The molecule has 4 N–H and O–H groups in total. The zero-order valence-corrected chi connectivity index (χ0v) is 12.1. The van der Waals surface area contributed by atoms with E-state index in [0.717, 1.165) is 5.69 Å². The molecule has 1 amide bonds. The third-order valence-corrected chi connectivity index (χ3v) is 2.38. The summed E-state index contributed by atoms with van der Waals surface area (Å²) in [5, 5.41) is 2.64. The first-order valence-electron chi connectivity index (χ1n) is 6.51. The first-order chi connectivity index (χ1) is 9.31. The molecule has 1 heterocycles. The van der Waals surface area contributed by atoms with Gasteiger partial charge in [0.25, 0.3) is 0 Å². The van der Waals surface area contributed by atoms with Crippen molar-refractivity contribution in [3.05, 3.63) is 18.2 Å². The van der Waals surface area contributed by atoms with E-state index in [9.17, 15) is 9.59 Å². The lowest BCUT2D eigenvalue weighted by molar-refractivity contribution is -0.158. The molecule has 1 aromatic rings. The smallest absolute Gasteiger partial charge is 0.329 e. The summed E-state index contributed by atoms with van der Waals surface area (Å²) in [5.74, 6) is -0.750. The van der Waals surface area contributed by atoms with E-state index in [1.807, 2.05) is 0 Å². The summed E-state index contributed by atoms with van der Waals surface area (Å²) in [4.78, 5) is 30.5. The lowest BCUT2D eigenvalue weighted by Gasteiger charge is -2.24. The molecule has 0 aliphatic heterocycles. The van der Waals surface area contributed by atoms with Crippen LogP contribution < -0.4 is 11.1 Å². The van der Waals surface area contributed by atoms with Crippen LogP contribution in [0.4, 0.5) is 0 Å². The molecule has 0 aliphatic rings. The molecule has 0 bridgehead atoms. The summed E-state index contributed by atoms with van der Waals surface area (Å²) in [6, 6.07) is -0.756. The molecule has 20 heavy (non-hydrogen) atoms. The van der Waals surface area contributed by atoms with Crippen molar-refractivity contribution in [2.45, 2.75) is 45.3 Å². The van der Waals surface area contributed by atoms with Gasteiger partial charge < -0.3 is 20.8 Å². The van der Waals surface area contributed by atoms with Crippen LogP contribution in [0.15, 0.2) is 12.5 Å². The van der Waals surface area contributed by atoms with Gasteiger partial charge in [0.15, 0.2) is 0 Å². The van der Waals surface area contributed by atoms with E-state index in [4.69, 9.17) is 10.5 Å². The molecule has 7 nitrogen and oxygen atoms in total. The number of hydrogen-bond donors (Lipinski definition) is 3. The van der Waals surface area contributed by atoms with Crippen molar-refractivity contribution >= 4 is 11.9 Å². The maximum absolute atomic E-state index is 12.1. The number of amides is 1. The van der Waals surface area contributed by atoms with E-state index < -0.39 is 17.6 Å². The Morgan fingerprint density at radius 1 is 1.50 bits per heavy atom. The zero-order chi connectivity index (χ0) is 15.2. The number of esters is 1. The first kappa shape index (κ1) is 16.2. The predicted octanol–water partition coefficient (Wildman–Crippen LogP) is 0.128. The second kappa shape index (κ2) is 7.04. The molecule has 0 saturated carbocycles. The average molecular weight is 282 g/mol. The highest BCUT2D eigenvalue weighted by atomic mass is 16.6. The van der Waals surface area contributed by atoms with Gasteiger partial charge >= 0.3 is 5.97 Å². The van der Waals surface area contributed by atoms with Crippen LogP contribution in [0.25, 0.3) is 0 Å². The molecular weight excluding hydrogens is 260 g/mol. The van der Waals surface area contributed by atoms with Crippen molar-refractivity contribution < 1.29 is 14.3 Å². The normalized spacial score (nSPS) is 12.8.